The number of carbonyl (C=O) groups excluding carboxylic acids is 2. The van der Waals surface area contributed by atoms with Crippen molar-refractivity contribution in [3.8, 4) is 5.75 Å². The molecule has 2 aromatic carbocycles. The third kappa shape index (κ3) is 5.15. The third-order valence-electron chi connectivity index (χ3n) is 3.29. The predicted octanol–water partition coefficient (Wildman–Crippen LogP) is -1.34. The van der Waals surface area contributed by atoms with Crippen LogP contribution in [0.5, 0.6) is 5.75 Å². The smallest absolute Gasteiger partial charge is 0.335 e. The van der Waals surface area contributed by atoms with E-state index in [0.29, 0.717) is 23.4 Å². The van der Waals surface area contributed by atoms with Crippen LogP contribution in [0.15, 0.2) is 61.2 Å². The van der Waals surface area contributed by atoms with Crippen molar-refractivity contribution in [1.29, 1.82) is 0 Å². The largest absolute Gasteiger partial charge is 1.00 e. The fraction of sp³-hybridized carbons (Fsp3) is 0.158. The van der Waals surface area contributed by atoms with Crippen molar-refractivity contribution in [2.24, 2.45) is 0 Å². The summed E-state index contributed by atoms with van der Waals surface area (Å²) in [4.78, 5) is 25.2. The summed E-state index contributed by atoms with van der Waals surface area (Å²) in [6.07, 6.45) is 1.11. The molecule has 0 atom stereocenters. The summed E-state index contributed by atoms with van der Waals surface area (Å²) in [5, 5.41) is 0. The molecule has 0 aromatic heterocycles. The number of ether oxygens (including phenoxy) is 1. The molecule has 0 bridgehead atoms. The first-order valence-electron chi connectivity index (χ1n) is 7.37. The van der Waals surface area contributed by atoms with Gasteiger partial charge in [-0.3, -0.25) is 4.79 Å². The maximum Gasteiger partial charge on any atom is 0.335 e. The van der Waals surface area contributed by atoms with Crippen LogP contribution in [-0.2, 0) is 11.3 Å². The first-order valence-corrected chi connectivity index (χ1v) is 7.37. The van der Waals surface area contributed by atoms with E-state index >= 15 is 0 Å². The molecule has 2 aromatic rings. The first kappa shape index (κ1) is 19.8. The molecular weight excluding hydrogens is 370 g/mol. The average Bonchev–Trinajstić information content (AvgIpc) is 2.56. The van der Waals surface area contributed by atoms with E-state index < -0.39 is 5.97 Å². The summed E-state index contributed by atoms with van der Waals surface area (Å²) in [6.45, 7) is 4.09. The number of hydrogen-bond acceptors (Lipinski definition) is 3. The molecule has 0 saturated carbocycles. The molecule has 2 rings (SSSR count). The zero-order chi connectivity index (χ0) is 16.8. The van der Waals surface area contributed by atoms with E-state index in [1.54, 1.807) is 24.3 Å². The molecular formula is C19H20BrNO3. The molecule has 0 spiro atoms. The Kier molecular flexibility index (Phi) is 7.55. The highest BCUT2D eigenvalue weighted by Gasteiger charge is 2.15. The van der Waals surface area contributed by atoms with Crippen molar-refractivity contribution < 1.29 is 36.2 Å². The molecule has 24 heavy (non-hydrogen) atoms. The van der Waals surface area contributed by atoms with Gasteiger partial charge in [0.1, 0.15) is 12.3 Å². The van der Waals surface area contributed by atoms with Gasteiger partial charge in [-0.25, -0.2) is 4.79 Å². The summed E-state index contributed by atoms with van der Waals surface area (Å²) < 4.78 is 5.30. The Morgan fingerprint density at radius 3 is 2.33 bits per heavy atom. The second kappa shape index (κ2) is 9.15. The lowest BCUT2D eigenvalue weighted by Crippen LogP contribution is -3.04. The minimum Gasteiger partial charge on any atom is -1.00 e. The second-order valence-electron chi connectivity index (χ2n) is 5.53. The van der Waals surface area contributed by atoms with Crippen LogP contribution in [0.1, 0.15) is 21.5 Å². The quantitative estimate of drug-likeness (QED) is 0.288. The minimum absolute atomic E-state index is 0. The molecule has 126 valence electrons. The molecule has 0 radical (unpaired) electrons. The zero-order valence-corrected chi connectivity index (χ0v) is 15.3. The minimum atomic E-state index is -0.538. The van der Waals surface area contributed by atoms with Gasteiger partial charge in [-0.05, 0) is 12.1 Å². The first-order chi connectivity index (χ1) is 11.0. The molecule has 5 heteroatoms. The van der Waals surface area contributed by atoms with E-state index in [1.807, 2.05) is 38.4 Å². The Labute approximate surface area is 152 Å². The summed E-state index contributed by atoms with van der Waals surface area (Å²) >= 11 is 0. The van der Waals surface area contributed by atoms with Gasteiger partial charge >= 0.3 is 5.97 Å². The molecule has 0 fully saturated rings. The van der Waals surface area contributed by atoms with Crippen LogP contribution in [-0.4, -0.2) is 25.8 Å². The highest BCUT2D eigenvalue weighted by atomic mass is 79.9. The van der Waals surface area contributed by atoms with Crippen LogP contribution < -0.4 is 26.6 Å². The fourth-order valence-electron chi connectivity index (χ4n) is 2.22. The summed E-state index contributed by atoms with van der Waals surface area (Å²) in [6, 6.07) is 14.2. The van der Waals surface area contributed by atoms with Crippen molar-refractivity contribution in [3.05, 3.63) is 77.9 Å². The van der Waals surface area contributed by atoms with Crippen LogP contribution in [0.4, 0.5) is 0 Å². The number of quaternary nitrogens is 1. The van der Waals surface area contributed by atoms with Crippen LogP contribution in [0.2, 0.25) is 0 Å². The lowest BCUT2D eigenvalue weighted by molar-refractivity contribution is -0.872. The molecule has 4 nitrogen and oxygen atoms in total. The zero-order valence-electron chi connectivity index (χ0n) is 13.7. The van der Waals surface area contributed by atoms with Gasteiger partial charge in [-0.1, -0.05) is 43.0 Å². The number of nitrogens with one attached hydrogen (secondary N) is 1. The van der Waals surface area contributed by atoms with Crippen LogP contribution in [0, 0.1) is 0 Å². The monoisotopic (exact) mass is 389 g/mol. The second-order valence-corrected chi connectivity index (χ2v) is 5.53. The SMILES string of the molecule is C=CC(=O)Oc1cc(C(=O)c2ccccc2)ccc1C[NH+](C)C.[Br-]. The van der Waals surface area contributed by atoms with Gasteiger partial charge in [0.15, 0.2) is 5.78 Å². The number of rotatable bonds is 6. The van der Waals surface area contributed by atoms with E-state index in [9.17, 15) is 9.59 Å². The van der Waals surface area contributed by atoms with Gasteiger partial charge in [-0.2, -0.15) is 0 Å². The Bertz CT molecular complexity index is 727. The van der Waals surface area contributed by atoms with Crippen LogP contribution >= 0.6 is 0 Å². The van der Waals surface area contributed by atoms with Gasteiger partial charge < -0.3 is 26.6 Å². The lowest BCUT2D eigenvalue weighted by atomic mass is 10.0. The van der Waals surface area contributed by atoms with Crippen LogP contribution in [0.25, 0.3) is 0 Å². The Morgan fingerprint density at radius 2 is 1.75 bits per heavy atom. The van der Waals surface area contributed by atoms with Gasteiger partial charge in [-0.15, -0.1) is 0 Å². The Morgan fingerprint density at radius 1 is 1.08 bits per heavy atom. The molecule has 0 unspecified atom stereocenters. The lowest BCUT2D eigenvalue weighted by Gasteiger charge is -2.13. The number of ketones is 1. The highest BCUT2D eigenvalue weighted by Crippen LogP contribution is 2.22. The number of esters is 1. The maximum atomic E-state index is 12.5. The van der Waals surface area contributed by atoms with Crippen molar-refractivity contribution in [2.45, 2.75) is 6.54 Å². The van der Waals surface area contributed by atoms with Crippen molar-refractivity contribution in [1.82, 2.24) is 0 Å². The van der Waals surface area contributed by atoms with Crippen LogP contribution in [0.3, 0.4) is 0 Å². The van der Waals surface area contributed by atoms with E-state index in [2.05, 4.69) is 6.58 Å². The van der Waals surface area contributed by atoms with Gasteiger partial charge in [0.25, 0.3) is 0 Å². The summed E-state index contributed by atoms with van der Waals surface area (Å²) in [5.41, 5.74) is 1.95. The molecule has 0 aliphatic rings. The number of carbonyl (C=O) groups is 2. The van der Waals surface area contributed by atoms with Gasteiger partial charge in [0.05, 0.1) is 14.1 Å². The average molecular weight is 390 g/mol. The van der Waals surface area contributed by atoms with Crippen molar-refractivity contribution >= 4 is 11.8 Å². The van der Waals surface area contributed by atoms with Crippen molar-refractivity contribution in [2.75, 3.05) is 14.1 Å². The molecule has 0 saturated heterocycles. The summed E-state index contributed by atoms with van der Waals surface area (Å²) in [7, 11) is 4.00. The third-order valence-corrected chi connectivity index (χ3v) is 3.29. The number of benzene rings is 2. The highest BCUT2D eigenvalue weighted by molar-refractivity contribution is 6.09. The molecule has 0 aliphatic heterocycles. The Balaban J connectivity index is 0.00000288. The maximum absolute atomic E-state index is 12.5. The van der Waals surface area contributed by atoms with Gasteiger partial charge in [0, 0.05) is 22.8 Å². The van der Waals surface area contributed by atoms with E-state index in [0.717, 1.165) is 11.6 Å². The summed E-state index contributed by atoms with van der Waals surface area (Å²) in [5.74, 6) is -0.243. The normalized spacial score (nSPS) is 9.96. The van der Waals surface area contributed by atoms with E-state index in [4.69, 9.17) is 4.74 Å². The number of hydrogen-bond donors (Lipinski definition) is 1. The Hall–Kier alpha value is -2.24. The standard InChI is InChI=1S/C19H19NO3.BrH/c1-4-18(21)23-17-12-15(10-11-16(17)13-20(2)3)19(22)14-8-6-5-7-9-14;/h4-12H,1,13H2,2-3H3;1H. The molecule has 0 heterocycles. The molecule has 0 aliphatic carbocycles. The predicted molar refractivity (Wildman–Crippen MR) is 88.7 cm³/mol. The number of halogens is 1. The molecule has 1 N–H and O–H groups in total. The fourth-order valence-corrected chi connectivity index (χ4v) is 2.22. The van der Waals surface area contributed by atoms with E-state index in [1.165, 1.54) is 4.90 Å². The van der Waals surface area contributed by atoms with Crippen molar-refractivity contribution in [3.63, 3.8) is 0 Å². The van der Waals surface area contributed by atoms with E-state index in [-0.39, 0.29) is 22.8 Å². The topological polar surface area (TPSA) is 47.8 Å². The molecule has 0 amide bonds. The van der Waals surface area contributed by atoms with Gasteiger partial charge in [0.2, 0.25) is 0 Å².